The number of hydrogen-bond donors (Lipinski definition) is 1. The van der Waals surface area contributed by atoms with Crippen molar-refractivity contribution in [1.82, 2.24) is 4.98 Å². The largest absolute Gasteiger partial charge is 0.321 e. The molecule has 0 aliphatic heterocycles. The van der Waals surface area contributed by atoms with Crippen molar-refractivity contribution in [2.75, 3.05) is 5.32 Å². The summed E-state index contributed by atoms with van der Waals surface area (Å²) in [7, 11) is 0. The topological polar surface area (TPSA) is 42.0 Å². The maximum atomic E-state index is 13.5. The normalized spacial score (nSPS) is 11.0. The first kappa shape index (κ1) is 21.8. The van der Waals surface area contributed by atoms with E-state index in [0.29, 0.717) is 21.3 Å². The van der Waals surface area contributed by atoms with Crippen LogP contribution in [0.25, 0.3) is 22.2 Å². The van der Waals surface area contributed by atoms with Gasteiger partial charge in [0.2, 0.25) is 0 Å². The van der Waals surface area contributed by atoms with Crippen molar-refractivity contribution < 1.29 is 4.79 Å². The third-order valence-electron chi connectivity index (χ3n) is 5.17. The average Bonchev–Trinajstić information content (AvgIpc) is 2.69. The Morgan fingerprint density at radius 2 is 1.77 bits per heavy atom. The van der Waals surface area contributed by atoms with E-state index in [1.807, 2.05) is 57.2 Å². The summed E-state index contributed by atoms with van der Waals surface area (Å²) in [5.74, 6) is -0.234. The molecule has 0 spiro atoms. The Labute approximate surface area is 199 Å². The number of amides is 1. The van der Waals surface area contributed by atoms with Crippen LogP contribution in [0.15, 0.2) is 59.1 Å². The minimum absolute atomic E-state index is 0.234. The number of benzene rings is 3. The number of halogens is 3. The van der Waals surface area contributed by atoms with E-state index in [9.17, 15) is 4.79 Å². The van der Waals surface area contributed by atoms with E-state index in [1.54, 1.807) is 12.1 Å². The van der Waals surface area contributed by atoms with Crippen molar-refractivity contribution in [2.45, 2.75) is 20.8 Å². The maximum Gasteiger partial charge on any atom is 0.256 e. The van der Waals surface area contributed by atoms with Gasteiger partial charge in [-0.25, -0.2) is 4.98 Å². The van der Waals surface area contributed by atoms with Gasteiger partial charge in [-0.2, -0.15) is 0 Å². The zero-order chi connectivity index (χ0) is 22.3. The summed E-state index contributed by atoms with van der Waals surface area (Å²) in [4.78, 5) is 18.5. The average molecular weight is 514 g/mol. The molecule has 6 heteroatoms. The fourth-order valence-electron chi connectivity index (χ4n) is 3.80. The standard InChI is InChI=1S/C25H19BrCl2N2O/c1-13-9-14(2)23-19(10-13)22(25(31)29-21-8-7-17(26)12-20(21)28)15(3)24(30-23)16-5-4-6-18(27)11-16/h4-12H,1-3H3,(H,29,31). The molecule has 3 aromatic carbocycles. The van der Waals surface area contributed by atoms with E-state index >= 15 is 0 Å². The van der Waals surface area contributed by atoms with Crippen molar-refractivity contribution in [3.05, 3.63) is 91.4 Å². The highest BCUT2D eigenvalue weighted by Crippen LogP contribution is 2.34. The van der Waals surface area contributed by atoms with Crippen molar-refractivity contribution in [2.24, 2.45) is 0 Å². The van der Waals surface area contributed by atoms with Gasteiger partial charge in [0.25, 0.3) is 5.91 Å². The lowest BCUT2D eigenvalue weighted by atomic mass is 9.94. The van der Waals surface area contributed by atoms with Crippen molar-refractivity contribution in [3.63, 3.8) is 0 Å². The number of nitrogens with one attached hydrogen (secondary N) is 1. The SMILES string of the molecule is Cc1cc(C)c2nc(-c3cccc(Cl)c3)c(C)c(C(=O)Nc3ccc(Br)cc3Cl)c2c1. The molecule has 1 heterocycles. The first-order chi connectivity index (χ1) is 14.7. The maximum absolute atomic E-state index is 13.5. The number of nitrogens with zero attached hydrogens (tertiary/aromatic N) is 1. The Kier molecular flexibility index (Phi) is 6.07. The lowest BCUT2D eigenvalue weighted by Crippen LogP contribution is -2.16. The van der Waals surface area contributed by atoms with Crippen LogP contribution >= 0.6 is 39.1 Å². The summed E-state index contributed by atoms with van der Waals surface area (Å²) in [6.07, 6.45) is 0. The summed E-state index contributed by atoms with van der Waals surface area (Å²) < 4.78 is 0.843. The predicted molar refractivity (Wildman–Crippen MR) is 134 cm³/mol. The summed E-state index contributed by atoms with van der Waals surface area (Å²) in [6, 6.07) is 16.9. The van der Waals surface area contributed by atoms with Crippen molar-refractivity contribution in [3.8, 4) is 11.3 Å². The van der Waals surface area contributed by atoms with E-state index in [4.69, 9.17) is 28.2 Å². The molecule has 1 aromatic heterocycles. The highest BCUT2D eigenvalue weighted by molar-refractivity contribution is 9.10. The van der Waals surface area contributed by atoms with E-state index in [0.717, 1.165) is 43.3 Å². The molecule has 0 unspecified atom stereocenters. The molecule has 0 bridgehead atoms. The van der Waals surface area contributed by atoms with E-state index in [-0.39, 0.29) is 5.91 Å². The van der Waals surface area contributed by atoms with Crippen LogP contribution in [-0.2, 0) is 0 Å². The van der Waals surface area contributed by atoms with Gasteiger partial charge in [0, 0.05) is 20.4 Å². The van der Waals surface area contributed by atoms with Gasteiger partial charge >= 0.3 is 0 Å². The van der Waals surface area contributed by atoms with Gasteiger partial charge in [0.15, 0.2) is 0 Å². The van der Waals surface area contributed by atoms with Crippen LogP contribution < -0.4 is 5.32 Å². The molecule has 0 atom stereocenters. The number of hydrogen-bond acceptors (Lipinski definition) is 2. The molecule has 0 aliphatic rings. The number of aromatic nitrogens is 1. The highest BCUT2D eigenvalue weighted by Gasteiger charge is 2.21. The van der Waals surface area contributed by atoms with Gasteiger partial charge in [-0.1, -0.05) is 62.9 Å². The van der Waals surface area contributed by atoms with Gasteiger partial charge in [0.1, 0.15) is 0 Å². The van der Waals surface area contributed by atoms with Gasteiger partial charge in [-0.05, 0) is 68.3 Å². The zero-order valence-corrected chi connectivity index (χ0v) is 20.3. The van der Waals surface area contributed by atoms with E-state index in [2.05, 4.69) is 27.3 Å². The molecular weight excluding hydrogens is 495 g/mol. The van der Waals surface area contributed by atoms with Crippen molar-refractivity contribution >= 4 is 61.6 Å². The first-order valence-corrected chi connectivity index (χ1v) is 11.2. The number of pyridine rings is 1. The Morgan fingerprint density at radius 1 is 1.00 bits per heavy atom. The van der Waals surface area contributed by atoms with Crippen molar-refractivity contribution in [1.29, 1.82) is 0 Å². The molecule has 0 saturated carbocycles. The first-order valence-electron chi connectivity index (χ1n) is 9.68. The minimum Gasteiger partial charge on any atom is -0.321 e. The quantitative estimate of drug-likeness (QED) is 0.300. The van der Waals surface area contributed by atoms with Crippen LogP contribution in [0, 0.1) is 20.8 Å². The summed E-state index contributed by atoms with van der Waals surface area (Å²) in [5.41, 5.74) is 6.37. The smallest absolute Gasteiger partial charge is 0.256 e. The Balaban J connectivity index is 1.95. The van der Waals surface area contributed by atoms with Crippen LogP contribution in [0.5, 0.6) is 0 Å². The van der Waals surface area contributed by atoms with Crippen LogP contribution in [0.3, 0.4) is 0 Å². The monoisotopic (exact) mass is 512 g/mol. The molecule has 0 fully saturated rings. The molecule has 4 rings (SSSR count). The predicted octanol–water partition coefficient (Wildman–Crippen LogP) is 8.15. The van der Waals surface area contributed by atoms with Crippen LogP contribution in [0.2, 0.25) is 10.0 Å². The van der Waals surface area contributed by atoms with E-state index in [1.165, 1.54) is 0 Å². The Hall–Kier alpha value is -2.40. The zero-order valence-electron chi connectivity index (χ0n) is 17.2. The number of rotatable bonds is 3. The fourth-order valence-corrected chi connectivity index (χ4v) is 4.71. The fraction of sp³-hybridized carbons (Fsp3) is 0.120. The molecule has 0 saturated heterocycles. The lowest BCUT2D eigenvalue weighted by molar-refractivity contribution is 0.102. The summed E-state index contributed by atoms with van der Waals surface area (Å²) in [5, 5.41) is 4.86. The second-order valence-corrected chi connectivity index (χ2v) is 9.29. The minimum atomic E-state index is -0.234. The Morgan fingerprint density at radius 3 is 2.48 bits per heavy atom. The number of carbonyl (C=O) groups excluding carboxylic acids is 1. The molecule has 31 heavy (non-hydrogen) atoms. The second kappa shape index (κ2) is 8.62. The highest BCUT2D eigenvalue weighted by atomic mass is 79.9. The third kappa shape index (κ3) is 4.33. The van der Waals surface area contributed by atoms with Gasteiger partial charge < -0.3 is 5.32 Å². The molecule has 156 valence electrons. The molecule has 1 amide bonds. The van der Waals surface area contributed by atoms with Gasteiger partial charge in [-0.15, -0.1) is 0 Å². The number of anilines is 1. The molecule has 4 aromatic rings. The lowest BCUT2D eigenvalue weighted by Gasteiger charge is -2.17. The molecule has 1 N–H and O–H groups in total. The Bertz CT molecular complexity index is 1350. The number of fused-ring (bicyclic) bond motifs is 1. The van der Waals surface area contributed by atoms with Crippen LogP contribution in [0.4, 0.5) is 5.69 Å². The van der Waals surface area contributed by atoms with Crippen LogP contribution in [-0.4, -0.2) is 10.9 Å². The van der Waals surface area contributed by atoms with E-state index < -0.39 is 0 Å². The second-order valence-electron chi connectivity index (χ2n) is 7.53. The molecule has 3 nitrogen and oxygen atoms in total. The van der Waals surface area contributed by atoms with Gasteiger partial charge in [-0.3, -0.25) is 4.79 Å². The number of aryl methyl sites for hydroxylation is 2. The summed E-state index contributed by atoms with van der Waals surface area (Å²) in [6.45, 7) is 5.94. The molecule has 0 radical (unpaired) electrons. The van der Waals surface area contributed by atoms with Crippen LogP contribution in [0.1, 0.15) is 27.0 Å². The molecule has 0 aliphatic carbocycles. The van der Waals surface area contributed by atoms with Gasteiger partial charge in [0.05, 0.1) is 27.5 Å². The summed E-state index contributed by atoms with van der Waals surface area (Å²) >= 11 is 16.0. The molecular formula is C25H19BrCl2N2O. The number of carbonyl (C=O) groups is 1. The third-order valence-corrected chi connectivity index (χ3v) is 6.21.